The molecule has 0 aliphatic heterocycles. The lowest BCUT2D eigenvalue weighted by Crippen LogP contribution is -2.31. The first-order valence-corrected chi connectivity index (χ1v) is 7.40. The number of ether oxygens (including phenoxy) is 1. The normalized spacial score (nSPS) is 12.9. The number of carbonyl (C=O) groups is 1. The minimum absolute atomic E-state index is 0.105. The van der Waals surface area contributed by atoms with Crippen LogP contribution in [0, 0.1) is 12.3 Å². The Labute approximate surface area is 132 Å². The summed E-state index contributed by atoms with van der Waals surface area (Å²) < 4.78 is 5.24. The van der Waals surface area contributed by atoms with Gasteiger partial charge in [-0.1, -0.05) is 32.4 Å². The van der Waals surface area contributed by atoms with Crippen molar-refractivity contribution in [3.8, 4) is 5.75 Å². The van der Waals surface area contributed by atoms with Gasteiger partial charge in [-0.2, -0.15) is 0 Å². The molecule has 0 radical (unpaired) electrons. The van der Waals surface area contributed by atoms with E-state index >= 15 is 0 Å². The highest BCUT2D eigenvalue weighted by atomic mass is 35.5. The van der Waals surface area contributed by atoms with E-state index in [1.54, 1.807) is 19.2 Å². The molecule has 118 valence electrons. The zero-order valence-electron chi connectivity index (χ0n) is 13.4. The first-order chi connectivity index (χ1) is 9.62. The Morgan fingerprint density at radius 2 is 2.05 bits per heavy atom. The number of hydrogen-bond acceptors (Lipinski definition) is 3. The van der Waals surface area contributed by atoms with Gasteiger partial charge < -0.3 is 15.8 Å². The van der Waals surface area contributed by atoms with Gasteiger partial charge in [0.15, 0.2) is 0 Å². The van der Waals surface area contributed by atoms with Crippen molar-refractivity contribution in [2.45, 2.75) is 46.6 Å². The van der Waals surface area contributed by atoms with Crippen LogP contribution in [0.1, 0.15) is 39.2 Å². The summed E-state index contributed by atoms with van der Waals surface area (Å²) in [7, 11) is 1.54. The van der Waals surface area contributed by atoms with Crippen molar-refractivity contribution in [2.24, 2.45) is 11.1 Å². The maximum atomic E-state index is 12.1. The number of anilines is 1. The molecule has 0 saturated carbocycles. The molecule has 1 amide bonds. The zero-order chi connectivity index (χ0) is 16.2. The predicted octanol–water partition coefficient (Wildman–Crippen LogP) is 3.75. The van der Waals surface area contributed by atoms with Gasteiger partial charge in [-0.15, -0.1) is 0 Å². The van der Waals surface area contributed by atoms with E-state index in [-0.39, 0.29) is 23.8 Å². The minimum atomic E-state index is -0.163. The number of halogens is 1. The van der Waals surface area contributed by atoms with Crippen molar-refractivity contribution < 1.29 is 9.53 Å². The highest BCUT2D eigenvalue weighted by molar-refractivity contribution is 6.31. The third-order valence-electron chi connectivity index (χ3n) is 3.08. The van der Waals surface area contributed by atoms with Crippen LogP contribution in [-0.2, 0) is 4.79 Å². The summed E-state index contributed by atoms with van der Waals surface area (Å²) in [6, 6.07) is 3.33. The molecule has 0 fully saturated rings. The SMILES string of the molecule is COc1cc(Cl)c(C)cc1NC(=O)CC(N)CC(C)(C)C. The second-order valence-corrected chi connectivity index (χ2v) is 6.99. The van der Waals surface area contributed by atoms with Crippen LogP contribution in [0.15, 0.2) is 12.1 Å². The largest absolute Gasteiger partial charge is 0.495 e. The Hall–Kier alpha value is -1.26. The number of nitrogens with one attached hydrogen (secondary N) is 1. The third kappa shape index (κ3) is 5.94. The molecule has 0 saturated heterocycles. The fourth-order valence-electron chi connectivity index (χ4n) is 2.23. The van der Waals surface area contributed by atoms with Crippen LogP contribution >= 0.6 is 11.6 Å². The first-order valence-electron chi connectivity index (χ1n) is 7.02. The molecule has 0 aromatic heterocycles. The number of nitrogens with two attached hydrogens (primary N) is 1. The standard InChI is InChI=1S/C16H25ClN2O2/c1-10-6-13(14(21-5)8-12(10)17)19-15(20)7-11(18)9-16(2,3)4/h6,8,11H,7,9,18H2,1-5H3,(H,19,20). The Morgan fingerprint density at radius 3 is 2.57 bits per heavy atom. The predicted molar refractivity (Wildman–Crippen MR) is 88.0 cm³/mol. The van der Waals surface area contributed by atoms with Crippen LogP contribution in [0.25, 0.3) is 0 Å². The number of aryl methyl sites for hydroxylation is 1. The second kappa shape index (κ2) is 7.14. The molecule has 1 aromatic rings. The smallest absolute Gasteiger partial charge is 0.226 e. The van der Waals surface area contributed by atoms with Crippen LogP contribution in [-0.4, -0.2) is 19.1 Å². The van der Waals surface area contributed by atoms with Gasteiger partial charge in [0.25, 0.3) is 0 Å². The van der Waals surface area contributed by atoms with Gasteiger partial charge in [0.2, 0.25) is 5.91 Å². The molecule has 0 heterocycles. The number of benzene rings is 1. The summed E-state index contributed by atoms with van der Waals surface area (Å²) >= 11 is 6.05. The van der Waals surface area contributed by atoms with Crippen molar-refractivity contribution in [3.63, 3.8) is 0 Å². The monoisotopic (exact) mass is 312 g/mol. The quantitative estimate of drug-likeness (QED) is 0.870. The minimum Gasteiger partial charge on any atom is -0.495 e. The van der Waals surface area contributed by atoms with Crippen LogP contribution in [0.5, 0.6) is 5.75 Å². The molecule has 0 bridgehead atoms. The number of methoxy groups -OCH3 is 1. The Kier molecular flexibility index (Phi) is 6.05. The van der Waals surface area contributed by atoms with E-state index in [2.05, 4.69) is 26.1 Å². The van der Waals surface area contributed by atoms with Crippen molar-refractivity contribution in [3.05, 3.63) is 22.7 Å². The van der Waals surface area contributed by atoms with Crippen LogP contribution in [0.3, 0.4) is 0 Å². The van der Waals surface area contributed by atoms with E-state index in [9.17, 15) is 4.79 Å². The topological polar surface area (TPSA) is 64.3 Å². The van der Waals surface area contributed by atoms with Gasteiger partial charge in [-0.3, -0.25) is 4.79 Å². The lowest BCUT2D eigenvalue weighted by Gasteiger charge is -2.23. The van der Waals surface area contributed by atoms with Crippen LogP contribution in [0.4, 0.5) is 5.69 Å². The maximum absolute atomic E-state index is 12.1. The molecule has 0 aliphatic rings. The molecule has 1 aromatic carbocycles. The first kappa shape index (κ1) is 17.8. The third-order valence-corrected chi connectivity index (χ3v) is 3.48. The highest BCUT2D eigenvalue weighted by Crippen LogP contribution is 2.31. The number of hydrogen-bond donors (Lipinski definition) is 2. The molecular weight excluding hydrogens is 288 g/mol. The van der Waals surface area contributed by atoms with Crippen molar-refractivity contribution >= 4 is 23.2 Å². The molecule has 21 heavy (non-hydrogen) atoms. The lowest BCUT2D eigenvalue weighted by molar-refractivity contribution is -0.116. The molecule has 1 rings (SSSR count). The molecule has 1 unspecified atom stereocenters. The van der Waals surface area contributed by atoms with E-state index in [0.717, 1.165) is 12.0 Å². The Bertz CT molecular complexity index is 510. The summed E-state index contributed by atoms with van der Waals surface area (Å²) in [6.07, 6.45) is 1.07. The highest BCUT2D eigenvalue weighted by Gasteiger charge is 2.19. The number of rotatable bonds is 5. The van der Waals surface area contributed by atoms with Crippen LogP contribution in [0.2, 0.25) is 5.02 Å². The van der Waals surface area contributed by atoms with Gasteiger partial charge in [-0.05, 0) is 30.4 Å². The van der Waals surface area contributed by atoms with E-state index in [1.165, 1.54) is 0 Å². The van der Waals surface area contributed by atoms with Crippen molar-refractivity contribution in [2.75, 3.05) is 12.4 Å². The van der Waals surface area contributed by atoms with E-state index in [0.29, 0.717) is 16.5 Å². The van der Waals surface area contributed by atoms with Crippen molar-refractivity contribution in [1.82, 2.24) is 0 Å². The molecule has 3 N–H and O–H groups in total. The van der Waals surface area contributed by atoms with Crippen LogP contribution < -0.4 is 15.8 Å². The summed E-state index contributed by atoms with van der Waals surface area (Å²) in [5, 5.41) is 3.45. The summed E-state index contributed by atoms with van der Waals surface area (Å²) in [6.45, 7) is 8.20. The summed E-state index contributed by atoms with van der Waals surface area (Å²) in [4.78, 5) is 12.1. The zero-order valence-corrected chi connectivity index (χ0v) is 14.2. The molecule has 5 heteroatoms. The van der Waals surface area contributed by atoms with Gasteiger partial charge in [0.1, 0.15) is 5.75 Å². The van der Waals surface area contributed by atoms with Gasteiger partial charge >= 0.3 is 0 Å². The fourth-order valence-corrected chi connectivity index (χ4v) is 2.38. The summed E-state index contributed by atoms with van der Waals surface area (Å²) in [5.41, 5.74) is 7.63. The van der Waals surface area contributed by atoms with E-state index < -0.39 is 0 Å². The number of amides is 1. The van der Waals surface area contributed by atoms with Gasteiger partial charge in [0, 0.05) is 23.6 Å². The fraction of sp³-hybridized carbons (Fsp3) is 0.562. The molecule has 0 spiro atoms. The Morgan fingerprint density at radius 1 is 1.43 bits per heavy atom. The second-order valence-electron chi connectivity index (χ2n) is 6.58. The van der Waals surface area contributed by atoms with E-state index in [4.69, 9.17) is 22.1 Å². The maximum Gasteiger partial charge on any atom is 0.226 e. The molecular formula is C16H25ClN2O2. The van der Waals surface area contributed by atoms with E-state index in [1.807, 2.05) is 6.92 Å². The molecule has 4 nitrogen and oxygen atoms in total. The number of carbonyl (C=O) groups excluding carboxylic acids is 1. The summed E-state index contributed by atoms with van der Waals surface area (Å²) in [5.74, 6) is 0.426. The molecule has 1 atom stereocenters. The van der Waals surface area contributed by atoms with Gasteiger partial charge in [-0.25, -0.2) is 0 Å². The average Bonchev–Trinajstić information content (AvgIpc) is 2.30. The average molecular weight is 313 g/mol. The molecule has 0 aliphatic carbocycles. The van der Waals surface area contributed by atoms with Gasteiger partial charge in [0.05, 0.1) is 12.8 Å². The van der Waals surface area contributed by atoms with Crippen molar-refractivity contribution in [1.29, 1.82) is 0 Å². The lowest BCUT2D eigenvalue weighted by atomic mass is 9.87. The Balaban J connectivity index is 2.73.